The number of aromatic amines is 1. The lowest BCUT2D eigenvalue weighted by Gasteiger charge is -2.23. The Kier molecular flexibility index (Phi) is 2.78. The summed E-state index contributed by atoms with van der Waals surface area (Å²) in [5.41, 5.74) is 2.62. The molecule has 1 aliphatic heterocycles. The Labute approximate surface area is 111 Å². The summed E-state index contributed by atoms with van der Waals surface area (Å²) in [5.74, 6) is 0.339. The molecule has 3 rings (SSSR count). The Morgan fingerprint density at radius 2 is 1.95 bits per heavy atom. The van der Waals surface area contributed by atoms with Gasteiger partial charge < -0.3 is 4.98 Å². The molecule has 1 aliphatic rings. The maximum absolute atomic E-state index is 12.1. The molecule has 0 radical (unpaired) electrons. The van der Waals surface area contributed by atoms with Gasteiger partial charge in [0.05, 0.1) is 22.5 Å². The van der Waals surface area contributed by atoms with E-state index in [9.17, 15) is 13.2 Å². The molecular formula is C13H16N2O3S. The summed E-state index contributed by atoms with van der Waals surface area (Å²) in [6.45, 7) is 1.97. The lowest BCUT2D eigenvalue weighted by Crippen LogP contribution is -2.30. The number of aromatic nitrogens is 2. The van der Waals surface area contributed by atoms with Crippen LogP contribution in [0.25, 0.3) is 11.0 Å². The zero-order valence-corrected chi connectivity index (χ0v) is 11.5. The van der Waals surface area contributed by atoms with Crippen LogP contribution in [0.5, 0.6) is 0 Å². The number of nitrogens with one attached hydrogen (secondary N) is 1. The molecular weight excluding hydrogens is 264 g/mol. The molecule has 0 spiro atoms. The summed E-state index contributed by atoms with van der Waals surface area (Å²) in [7, 11) is -2.91. The molecule has 0 unspecified atom stereocenters. The third kappa shape index (κ3) is 2.20. The first-order valence-electron chi connectivity index (χ1n) is 6.37. The fraction of sp³-hybridized carbons (Fsp3) is 0.462. The number of imidazole rings is 1. The van der Waals surface area contributed by atoms with E-state index >= 15 is 0 Å². The molecule has 1 saturated heterocycles. The van der Waals surface area contributed by atoms with Crippen LogP contribution in [-0.2, 0) is 9.84 Å². The van der Waals surface area contributed by atoms with Crippen LogP contribution < -0.4 is 5.69 Å². The monoisotopic (exact) mass is 280 g/mol. The number of fused-ring (bicyclic) bond motifs is 1. The van der Waals surface area contributed by atoms with Crippen molar-refractivity contribution in [1.29, 1.82) is 0 Å². The average molecular weight is 280 g/mol. The van der Waals surface area contributed by atoms with Crippen LogP contribution in [0.3, 0.4) is 0 Å². The van der Waals surface area contributed by atoms with E-state index in [0.717, 1.165) is 16.6 Å². The van der Waals surface area contributed by atoms with E-state index in [2.05, 4.69) is 4.98 Å². The van der Waals surface area contributed by atoms with E-state index in [1.165, 1.54) is 0 Å². The van der Waals surface area contributed by atoms with Crippen LogP contribution >= 0.6 is 0 Å². The molecule has 102 valence electrons. The Balaban J connectivity index is 2.06. The number of hydrogen-bond acceptors (Lipinski definition) is 3. The largest absolute Gasteiger partial charge is 0.326 e. The topological polar surface area (TPSA) is 71.9 Å². The van der Waals surface area contributed by atoms with Crippen molar-refractivity contribution in [3.8, 4) is 0 Å². The molecule has 0 aliphatic carbocycles. The highest BCUT2D eigenvalue weighted by Gasteiger charge is 2.26. The Morgan fingerprint density at radius 1 is 1.26 bits per heavy atom. The van der Waals surface area contributed by atoms with Gasteiger partial charge in [-0.1, -0.05) is 6.07 Å². The van der Waals surface area contributed by atoms with Gasteiger partial charge in [0.1, 0.15) is 9.84 Å². The SMILES string of the molecule is Cc1ccc2c(c1)[nH]c(=O)n2C1CCS(=O)(=O)CC1. The van der Waals surface area contributed by atoms with Crippen LogP contribution in [0.1, 0.15) is 24.4 Å². The van der Waals surface area contributed by atoms with Crippen LogP contribution in [0.15, 0.2) is 23.0 Å². The van der Waals surface area contributed by atoms with Crippen LogP contribution in [-0.4, -0.2) is 29.5 Å². The Morgan fingerprint density at radius 3 is 2.63 bits per heavy atom. The molecule has 6 heteroatoms. The third-order valence-electron chi connectivity index (χ3n) is 3.76. The van der Waals surface area contributed by atoms with Crippen molar-refractivity contribution in [2.75, 3.05) is 11.5 Å². The first kappa shape index (κ1) is 12.5. The molecule has 2 heterocycles. The number of benzene rings is 1. The van der Waals surface area contributed by atoms with Crippen molar-refractivity contribution >= 4 is 20.9 Å². The van der Waals surface area contributed by atoms with E-state index in [4.69, 9.17) is 0 Å². The lowest BCUT2D eigenvalue weighted by molar-refractivity contribution is 0.450. The average Bonchev–Trinajstić information content (AvgIpc) is 2.65. The molecule has 0 atom stereocenters. The maximum atomic E-state index is 12.1. The minimum atomic E-state index is -2.91. The molecule has 1 aromatic carbocycles. The minimum absolute atomic E-state index is 0.0209. The van der Waals surface area contributed by atoms with Gasteiger partial charge in [0.15, 0.2) is 0 Å². The highest BCUT2D eigenvalue weighted by atomic mass is 32.2. The molecule has 1 N–H and O–H groups in total. The molecule has 0 saturated carbocycles. The number of H-pyrrole nitrogens is 1. The standard InChI is InChI=1S/C13H16N2O3S/c1-9-2-3-12-11(8-9)14-13(16)15(12)10-4-6-19(17,18)7-5-10/h2-3,8,10H,4-7H2,1H3,(H,14,16). The number of aryl methyl sites for hydroxylation is 1. The van der Waals surface area contributed by atoms with Gasteiger partial charge in [0.2, 0.25) is 0 Å². The third-order valence-corrected chi connectivity index (χ3v) is 5.48. The fourth-order valence-electron chi connectivity index (χ4n) is 2.74. The van der Waals surface area contributed by atoms with Crippen LogP contribution in [0, 0.1) is 6.92 Å². The van der Waals surface area contributed by atoms with Crippen molar-refractivity contribution in [3.05, 3.63) is 34.2 Å². The molecule has 19 heavy (non-hydrogen) atoms. The summed E-state index contributed by atoms with van der Waals surface area (Å²) < 4.78 is 24.6. The quantitative estimate of drug-likeness (QED) is 0.858. The van der Waals surface area contributed by atoms with Gasteiger partial charge in [0.25, 0.3) is 0 Å². The van der Waals surface area contributed by atoms with Crippen molar-refractivity contribution in [3.63, 3.8) is 0 Å². The van der Waals surface area contributed by atoms with E-state index in [-0.39, 0.29) is 23.2 Å². The Hall–Kier alpha value is -1.56. The molecule has 1 fully saturated rings. The van der Waals surface area contributed by atoms with Gasteiger partial charge in [-0.25, -0.2) is 13.2 Å². The predicted octanol–water partition coefficient (Wildman–Crippen LogP) is 1.39. The van der Waals surface area contributed by atoms with E-state index in [1.807, 2.05) is 25.1 Å². The zero-order chi connectivity index (χ0) is 13.6. The first-order valence-corrected chi connectivity index (χ1v) is 8.20. The van der Waals surface area contributed by atoms with Crippen molar-refractivity contribution in [2.24, 2.45) is 0 Å². The van der Waals surface area contributed by atoms with Gasteiger partial charge >= 0.3 is 5.69 Å². The Bertz CT molecular complexity index is 772. The second kappa shape index (κ2) is 4.23. The lowest BCUT2D eigenvalue weighted by atomic mass is 10.1. The van der Waals surface area contributed by atoms with Gasteiger partial charge in [-0.2, -0.15) is 0 Å². The van der Waals surface area contributed by atoms with Crippen LogP contribution in [0.4, 0.5) is 0 Å². The normalized spacial score (nSPS) is 19.8. The number of sulfone groups is 1. The second-order valence-electron chi connectivity index (χ2n) is 5.20. The smallest absolute Gasteiger partial charge is 0.306 e. The van der Waals surface area contributed by atoms with Gasteiger partial charge in [-0.3, -0.25) is 4.57 Å². The number of rotatable bonds is 1. The van der Waals surface area contributed by atoms with Gasteiger partial charge in [-0.05, 0) is 37.5 Å². The summed E-state index contributed by atoms with van der Waals surface area (Å²) in [6.07, 6.45) is 1.03. The highest BCUT2D eigenvalue weighted by molar-refractivity contribution is 7.91. The van der Waals surface area contributed by atoms with E-state index in [1.54, 1.807) is 4.57 Å². The predicted molar refractivity (Wildman–Crippen MR) is 74.2 cm³/mol. The zero-order valence-electron chi connectivity index (χ0n) is 10.7. The van der Waals surface area contributed by atoms with Crippen molar-refractivity contribution < 1.29 is 8.42 Å². The first-order chi connectivity index (χ1) is 8.96. The summed E-state index contributed by atoms with van der Waals surface area (Å²) in [4.78, 5) is 14.9. The van der Waals surface area contributed by atoms with Crippen molar-refractivity contribution in [1.82, 2.24) is 9.55 Å². The van der Waals surface area contributed by atoms with Crippen LogP contribution in [0.2, 0.25) is 0 Å². The molecule has 1 aromatic heterocycles. The van der Waals surface area contributed by atoms with Crippen molar-refractivity contribution in [2.45, 2.75) is 25.8 Å². The molecule has 0 bridgehead atoms. The maximum Gasteiger partial charge on any atom is 0.326 e. The second-order valence-corrected chi connectivity index (χ2v) is 7.51. The van der Waals surface area contributed by atoms with E-state index < -0.39 is 9.84 Å². The molecule has 2 aromatic rings. The van der Waals surface area contributed by atoms with Gasteiger partial charge in [0, 0.05) is 6.04 Å². The molecule has 0 amide bonds. The summed E-state index contributed by atoms with van der Waals surface area (Å²) in [6, 6.07) is 5.80. The fourth-order valence-corrected chi connectivity index (χ4v) is 4.21. The summed E-state index contributed by atoms with van der Waals surface area (Å²) in [5, 5.41) is 0. The number of nitrogens with zero attached hydrogens (tertiary/aromatic N) is 1. The number of hydrogen-bond donors (Lipinski definition) is 1. The van der Waals surface area contributed by atoms with Gasteiger partial charge in [-0.15, -0.1) is 0 Å². The molecule has 5 nitrogen and oxygen atoms in total. The van der Waals surface area contributed by atoms with E-state index in [0.29, 0.717) is 12.8 Å². The summed E-state index contributed by atoms with van der Waals surface area (Å²) >= 11 is 0. The highest BCUT2D eigenvalue weighted by Crippen LogP contribution is 2.26. The minimum Gasteiger partial charge on any atom is -0.306 e.